The van der Waals surface area contributed by atoms with Crippen LogP contribution in [0.3, 0.4) is 0 Å². The quantitative estimate of drug-likeness (QED) is 0.878. The molecule has 1 atom stereocenters. The maximum atomic E-state index is 12.2. The second-order valence-corrected chi connectivity index (χ2v) is 5.94. The molecule has 0 saturated heterocycles. The van der Waals surface area contributed by atoms with Gasteiger partial charge in [0, 0.05) is 17.4 Å². The first kappa shape index (κ1) is 15.8. The number of benzene rings is 1. The number of hydrogen-bond donors (Lipinski definition) is 2. The molecule has 0 radical (unpaired) electrons. The Bertz CT molecular complexity index is 512. The lowest BCUT2D eigenvalue weighted by Crippen LogP contribution is -2.45. The van der Waals surface area contributed by atoms with Crippen molar-refractivity contribution in [1.82, 2.24) is 5.32 Å². The van der Waals surface area contributed by atoms with E-state index >= 15 is 0 Å². The molecule has 1 aromatic rings. The van der Waals surface area contributed by atoms with Gasteiger partial charge < -0.3 is 10.4 Å². The number of rotatable bonds is 5. The lowest BCUT2D eigenvalue weighted by atomic mass is 9.88. The minimum absolute atomic E-state index is 0.0492. The predicted molar refractivity (Wildman–Crippen MR) is 81.3 cm³/mol. The van der Waals surface area contributed by atoms with Crippen molar-refractivity contribution in [2.24, 2.45) is 5.92 Å². The number of carboxylic acids is 1. The van der Waals surface area contributed by atoms with Gasteiger partial charge in [0.2, 0.25) is 5.91 Å². The highest BCUT2D eigenvalue weighted by molar-refractivity contribution is 6.31. The molecule has 0 aromatic heterocycles. The molecule has 1 amide bonds. The van der Waals surface area contributed by atoms with Crippen molar-refractivity contribution >= 4 is 23.5 Å². The average Bonchev–Trinajstić information content (AvgIpc) is 2.49. The molecular formula is C16H20ClNO3. The highest BCUT2D eigenvalue weighted by atomic mass is 35.5. The molecule has 2 rings (SSSR count). The standard InChI is InChI=1S/C16H20ClNO3/c17-13-9-5-4-8-12(13)10-14(16(20)21)18-15(19)11-6-2-1-3-7-11/h4-5,8-9,11,14H,1-3,6-7,10H2,(H,18,19)(H,20,21)/t14-/m0/s1. The number of carboxylic acid groups (broad SMARTS) is 1. The Kier molecular flexibility index (Phi) is 5.62. The van der Waals surface area contributed by atoms with E-state index in [1.54, 1.807) is 18.2 Å². The monoisotopic (exact) mass is 309 g/mol. The molecule has 0 spiro atoms. The highest BCUT2D eigenvalue weighted by Gasteiger charge is 2.26. The number of carbonyl (C=O) groups excluding carboxylic acids is 1. The molecular weight excluding hydrogens is 290 g/mol. The lowest BCUT2D eigenvalue weighted by Gasteiger charge is -2.23. The van der Waals surface area contributed by atoms with Gasteiger partial charge in [-0.25, -0.2) is 4.79 Å². The molecule has 21 heavy (non-hydrogen) atoms. The molecule has 1 aromatic carbocycles. The van der Waals surface area contributed by atoms with Gasteiger partial charge in [0.25, 0.3) is 0 Å². The van der Waals surface area contributed by atoms with Crippen LogP contribution in [0.5, 0.6) is 0 Å². The Labute approximate surface area is 129 Å². The van der Waals surface area contributed by atoms with Gasteiger partial charge in [-0.15, -0.1) is 0 Å². The van der Waals surface area contributed by atoms with E-state index < -0.39 is 12.0 Å². The largest absolute Gasteiger partial charge is 0.480 e. The van der Waals surface area contributed by atoms with E-state index in [0.717, 1.165) is 37.7 Å². The summed E-state index contributed by atoms with van der Waals surface area (Å²) in [6.07, 6.45) is 5.15. The van der Waals surface area contributed by atoms with Crippen molar-refractivity contribution in [1.29, 1.82) is 0 Å². The average molecular weight is 310 g/mol. The highest BCUT2D eigenvalue weighted by Crippen LogP contribution is 2.24. The summed E-state index contributed by atoms with van der Waals surface area (Å²) in [5.74, 6) is -1.22. The van der Waals surface area contributed by atoms with Crippen molar-refractivity contribution in [2.75, 3.05) is 0 Å². The molecule has 0 aliphatic heterocycles. The summed E-state index contributed by atoms with van der Waals surface area (Å²) in [7, 11) is 0. The van der Waals surface area contributed by atoms with Crippen LogP contribution >= 0.6 is 11.6 Å². The molecule has 5 heteroatoms. The number of aliphatic carboxylic acids is 1. The van der Waals surface area contributed by atoms with Gasteiger partial charge in [-0.3, -0.25) is 4.79 Å². The molecule has 4 nitrogen and oxygen atoms in total. The third kappa shape index (κ3) is 4.46. The molecule has 1 aliphatic rings. The van der Waals surface area contributed by atoms with Gasteiger partial charge in [-0.05, 0) is 24.5 Å². The SMILES string of the molecule is O=C(N[C@@H](Cc1ccccc1Cl)C(=O)O)C1CCCCC1. The van der Waals surface area contributed by atoms with Crippen LogP contribution < -0.4 is 5.32 Å². The van der Waals surface area contributed by atoms with Gasteiger partial charge in [0.15, 0.2) is 0 Å². The molecule has 1 aliphatic carbocycles. The smallest absolute Gasteiger partial charge is 0.326 e. The van der Waals surface area contributed by atoms with Crippen molar-refractivity contribution in [3.63, 3.8) is 0 Å². The first-order chi connectivity index (χ1) is 10.1. The van der Waals surface area contributed by atoms with Gasteiger partial charge in [0.1, 0.15) is 6.04 Å². The summed E-state index contributed by atoms with van der Waals surface area (Å²) in [6.45, 7) is 0. The number of halogens is 1. The van der Waals surface area contributed by atoms with Crippen LogP contribution in [-0.2, 0) is 16.0 Å². The summed E-state index contributed by atoms with van der Waals surface area (Å²) >= 11 is 6.05. The van der Waals surface area contributed by atoms with Crippen molar-refractivity contribution in [3.8, 4) is 0 Å². The van der Waals surface area contributed by atoms with Crippen LogP contribution in [0.1, 0.15) is 37.7 Å². The van der Waals surface area contributed by atoms with E-state index in [0.29, 0.717) is 5.02 Å². The van der Waals surface area contributed by atoms with E-state index in [1.165, 1.54) is 0 Å². The topological polar surface area (TPSA) is 66.4 Å². The van der Waals surface area contributed by atoms with Gasteiger partial charge in [0.05, 0.1) is 0 Å². The van der Waals surface area contributed by atoms with Crippen LogP contribution in [0.25, 0.3) is 0 Å². The molecule has 114 valence electrons. The Balaban J connectivity index is 2.00. The third-order valence-corrected chi connectivity index (χ3v) is 4.34. The molecule has 2 N–H and O–H groups in total. The zero-order valence-corrected chi connectivity index (χ0v) is 12.6. The van der Waals surface area contributed by atoms with Gasteiger partial charge in [-0.1, -0.05) is 49.1 Å². The van der Waals surface area contributed by atoms with Crippen LogP contribution in [0.2, 0.25) is 5.02 Å². The Hall–Kier alpha value is -1.55. The summed E-state index contributed by atoms with van der Waals surface area (Å²) in [5.41, 5.74) is 0.732. The second-order valence-electron chi connectivity index (χ2n) is 5.53. The number of amides is 1. The van der Waals surface area contributed by atoms with Crippen LogP contribution in [0, 0.1) is 5.92 Å². The van der Waals surface area contributed by atoms with E-state index in [1.807, 2.05) is 6.07 Å². The Morgan fingerprint density at radius 3 is 2.52 bits per heavy atom. The zero-order chi connectivity index (χ0) is 15.2. The Morgan fingerprint density at radius 2 is 1.90 bits per heavy atom. The van der Waals surface area contributed by atoms with Gasteiger partial charge in [-0.2, -0.15) is 0 Å². The van der Waals surface area contributed by atoms with Crippen molar-refractivity contribution < 1.29 is 14.7 Å². The molecule has 0 heterocycles. The van der Waals surface area contributed by atoms with Crippen LogP contribution in [0.4, 0.5) is 0 Å². The molecule has 0 unspecified atom stereocenters. The second kappa shape index (κ2) is 7.46. The van der Waals surface area contributed by atoms with E-state index in [4.69, 9.17) is 11.6 Å². The zero-order valence-electron chi connectivity index (χ0n) is 11.8. The normalized spacial score (nSPS) is 17.2. The number of hydrogen-bond acceptors (Lipinski definition) is 2. The maximum Gasteiger partial charge on any atom is 0.326 e. The third-order valence-electron chi connectivity index (χ3n) is 3.97. The lowest BCUT2D eigenvalue weighted by molar-refractivity contribution is -0.142. The van der Waals surface area contributed by atoms with Crippen LogP contribution in [-0.4, -0.2) is 23.0 Å². The maximum absolute atomic E-state index is 12.2. The summed E-state index contributed by atoms with van der Waals surface area (Å²) < 4.78 is 0. The molecule has 0 bridgehead atoms. The fourth-order valence-electron chi connectivity index (χ4n) is 2.74. The fourth-order valence-corrected chi connectivity index (χ4v) is 2.95. The minimum Gasteiger partial charge on any atom is -0.480 e. The molecule has 1 fully saturated rings. The number of carbonyl (C=O) groups is 2. The van der Waals surface area contributed by atoms with Crippen molar-refractivity contribution in [3.05, 3.63) is 34.9 Å². The summed E-state index contributed by atoms with van der Waals surface area (Å²) in [5, 5.41) is 12.5. The van der Waals surface area contributed by atoms with E-state index in [9.17, 15) is 14.7 Å². The number of nitrogens with one attached hydrogen (secondary N) is 1. The predicted octanol–water partition coefficient (Wildman–Crippen LogP) is 3.03. The van der Waals surface area contributed by atoms with Crippen LogP contribution in [0.15, 0.2) is 24.3 Å². The van der Waals surface area contributed by atoms with Crippen molar-refractivity contribution in [2.45, 2.75) is 44.6 Å². The summed E-state index contributed by atoms with van der Waals surface area (Å²) in [6, 6.07) is 6.18. The van der Waals surface area contributed by atoms with E-state index in [2.05, 4.69) is 5.32 Å². The first-order valence-electron chi connectivity index (χ1n) is 7.34. The van der Waals surface area contributed by atoms with Gasteiger partial charge >= 0.3 is 5.97 Å². The van der Waals surface area contributed by atoms with E-state index in [-0.39, 0.29) is 18.2 Å². The first-order valence-corrected chi connectivity index (χ1v) is 7.72. The summed E-state index contributed by atoms with van der Waals surface area (Å²) in [4.78, 5) is 23.6. The minimum atomic E-state index is -1.03. The fraction of sp³-hybridized carbons (Fsp3) is 0.500. The molecule has 1 saturated carbocycles. The Morgan fingerprint density at radius 1 is 1.24 bits per heavy atom.